The van der Waals surface area contributed by atoms with Crippen molar-refractivity contribution in [1.29, 1.82) is 0 Å². The molecule has 0 atom stereocenters. The van der Waals surface area contributed by atoms with E-state index in [1.54, 1.807) is 31.8 Å². The summed E-state index contributed by atoms with van der Waals surface area (Å²) in [5.41, 5.74) is 4.82. The molecule has 27 heavy (non-hydrogen) atoms. The van der Waals surface area contributed by atoms with E-state index in [-0.39, 0.29) is 6.61 Å². The lowest BCUT2D eigenvalue weighted by atomic mass is 10.0. The van der Waals surface area contributed by atoms with Gasteiger partial charge in [0.25, 0.3) is 0 Å². The molecule has 6 nitrogen and oxygen atoms in total. The van der Waals surface area contributed by atoms with Gasteiger partial charge in [0.05, 0.1) is 30.5 Å². The largest absolute Gasteiger partial charge is 0.488 e. The van der Waals surface area contributed by atoms with Crippen molar-refractivity contribution in [3.63, 3.8) is 0 Å². The number of carbonyl (C=O) groups is 1. The number of hydrogen-bond acceptors (Lipinski definition) is 6. The van der Waals surface area contributed by atoms with Crippen LogP contribution in [0.5, 0.6) is 11.6 Å². The fraction of sp³-hybridized carbons (Fsp3) is 0.143. The van der Waals surface area contributed by atoms with Crippen LogP contribution in [0.3, 0.4) is 0 Å². The van der Waals surface area contributed by atoms with Crippen LogP contribution in [0.4, 0.5) is 0 Å². The zero-order valence-corrected chi connectivity index (χ0v) is 14.8. The Morgan fingerprint density at radius 1 is 1.11 bits per heavy atom. The average Bonchev–Trinajstić information content (AvgIpc) is 3.21. The number of carbonyl (C=O) groups excluding carboxylic acids is 1. The molecule has 0 saturated heterocycles. The van der Waals surface area contributed by atoms with Crippen molar-refractivity contribution in [3.05, 3.63) is 71.0 Å². The molecule has 0 fully saturated rings. The Morgan fingerprint density at radius 3 is 2.81 bits per heavy atom. The Balaban J connectivity index is 1.65. The lowest BCUT2D eigenvalue weighted by Gasteiger charge is -2.14. The van der Waals surface area contributed by atoms with Crippen LogP contribution >= 0.6 is 0 Å². The second-order valence-corrected chi connectivity index (χ2v) is 5.99. The molecule has 0 amide bonds. The van der Waals surface area contributed by atoms with Crippen LogP contribution in [0.1, 0.15) is 27.0 Å². The zero-order chi connectivity index (χ0) is 18.6. The van der Waals surface area contributed by atoms with Crippen molar-refractivity contribution in [2.45, 2.75) is 13.2 Å². The van der Waals surface area contributed by atoms with Crippen LogP contribution in [-0.4, -0.2) is 29.6 Å². The normalized spacial score (nSPS) is 11.9. The van der Waals surface area contributed by atoms with Gasteiger partial charge in [-0.2, -0.15) is 0 Å². The van der Waals surface area contributed by atoms with E-state index in [0.717, 1.165) is 34.2 Å². The Labute approximate surface area is 156 Å². The Hall–Kier alpha value is -3.54. The van der Waals surface area contributed by atoms with Gasteiger partial charge in [-0.25, -0.2) is 4.98 Å². The number of nitrogens with zero attached hydrogens (tertiary/aromatic N) is 3. The molecular formula is C21H17N3O3. The average molecular weight is 359 g/mol. The molecule has 0 N–H and O–H groups in total. The molecule has 4 rings (SSSR count). The first kappa shape index (κ1) is 16.9. The predicted molar refractivity (Wildman–Crippen MR) is 101 cm³/mol. The van der Waals surface area contributed by atoms with E-state index in [2.05, 4.69) is 15.0 Å². The van der Waals surface area contributed by atoms with Crippen molar-refractivity contribution < 1.29 is 14.3 Å². The summed E-state index contributed by atoms with van der Waals surface area (Å²) in [4.78, 5) is 24.5. The third kappa shape index (κ3) is 3.17. The standard InChI is InChI=1S/C21H17N3O3/c1-26-21-16(5-3-9-24-21)20-15(4-2-8-23-20)13-27-19-7-6-14-10-22-11-17(14)18(19)12-25/h2-10,12H,11,13H2,1H3. The number of aromatic nitrogens is 2. The predicted octanol–water partition coefficient (Wildman–Crippen LogP) is 3.48. The van der Waals surface area contributed by atoms with Gasteiger partial charge in [-0.05, 0) is 41.5 Å². The molecule has 134 valence electrons. The van der Waals surface area contributed by atoms with Gasteiger partial charge < -0.3 is 9.47 Å². The van der Waals surface area contributed by atoms with Crippen molar-refractivity contribution >= 4 is 12.5 Å². The minimum Gasteiger partial charge on any atom is -0.488 e. The van der Waals surface area contributed by atoms with Crippen LogP contribution in [-0.2, 0) is 13.2 Å². The highest BCUT2D eigenvalue weighted by atomic mass is 16.5. The summed E-state index contributed by atoms with van der Waals surface area (Å²) in [7, 11) is 1.58. The van der Waals surface area contributed by atoms with Gasteiger partial charge in [-0.1, -0.05) is 6.07 Å². The second kappa shape index (κ2) is 7.37. The van der Waals surface area contributed by atoms with E-state index in [0.29, 0.717) is 23.7 Å². The first-order valence-corrected chi connectivity index (χ1v) is 8.48. The summed E-state index contributed by atoms with van der Waals surface area (Å²) in [6.07, 6.45) is 6.00. The van der Waals surface area contributed by atoms with E-state index >= 15 is 0 Å². The number of rotatable bonds is 6. The second-order valence-electron chi connectivity index (χ2n) is 5.99. The zero-order valence-electron chi connectivity index (χ0n) is 14.8. The molecule has 3 heterocycles. The Kier molecular flexibility index (Phi) is 4.61. The molecule has 0 unspecified atom stereocenters. The number of benzene rings is 1. The van der Waals surface area contributed by atoms with Gasteiger partial charge in [-0.3, -0.25) is 14.8 Å². The topological polar surface area (TPSA) is 73.7 Å². The van der Waals surface area contributed by atoms with Crippen LogP contribution in [0.25, 0.3) is 11.3 Å². The van der Waals surface area contributed by atoms with Gasteiger partial charge in [0.15, 0.2) is 6.29 Å². The van der Waals surface area contributed by atoms with E-state index in [4.69, 9.17) is 9.47 Å². The fourth-order valence-corrected chi connectivity index (χ4v) is 3.13. The highest BCUT2D eigenvalue weighted by Gasteiger charge is 2.17. The molecular weight excluding hydrogens is 342 g/mol. The number of methoxy groups -OCH3 is 1. The number of aldehydes is 1. The maximum Gasteiger partial charge on any atom is 0.222 e. The highest BCUT2D eigenvalue weighted by Crippen LogP contribution is 2.31. The minimum absolute atomic E-state index is 0.266. The smallest absolute Gasteiger partial charge is 0.222 e. The highest BCUT2D eigenvalue weighted by molar-refractivity contribution is 5.92. The maximum atomic E-state index is 11.6. The van der Waals surface area contributed by atoms with Crippen molar-refractivity contribution in [1.82, 2.24) is 9.97 Å². The van der Waals surface area contributed by atoms with Gasteiger partial charge in [0.1, 0.15) is 12.4 Å². The number of hydrogen-bond donors (Lipinski definition) is 0. The molecule has 2 aromatic heterocycles. The maximum absolute atomic E-state index is 11.6. The summed E-state index contributed by atoms with van der Waals surface area (Å²) >= 11 is 0. The molecule has 1 aromatic carbocycles. The molecule has 6 heteroatoms. The summed E-state index contributed by atoms with van der Waals surface area (Å²) in [6, 6.07) is 11.3. The fourth-order valence-electron chi connectivity index (χ4n) is 3.13. The van der Waals surface area contributed by atoms with Gasteiger partial charge in [0.2, 0.25) is 5.88 Å². The number of ether oxygens (including phenoxy) is 2. The molecule has 0 saturated carbocycles. The lowest BCUT2D eigenvalue weighted by Crippen LogP contribution is -2.04. The Bertz CT molecular complexity index is 1030. The van der Waals surface area contributed by atoms with Crippen LogP contribution in [0, 0.1) is 0 Å². The molecule has 0 aliphatic carbocycles. The monoisotopic (exact) mass is 359 g/mol. The van der Waals surface area contributed by atoms with Crippen molar-refractivity contribution in [3.8, 4) is 22.9 Å². The molecule has 0 radical (unpaired) electrons. The molecule has 1 aliphatic heterocycles. The molecule has 3 aromatic rings. The lowest BCUT2D eigenvalue weighted by molar-refractivity contribution is 0.111. The number of pyridine rings is 2. The minimum atomic E-state index is 0.266. The van der Waals surface area contributed by atoms with E-state index in [1.807, 2.05) is 30.3 Å². The van der Waals surface area contributed by atoms with Crippen LogP contribution < -0.4 is 9.47 Å². The number of aliphatic imine (C=N–C) groups is 1. The van der Waals surface area contributed by atoms with Crippen LogP contribution in [0.15, 0.2) is 53.8 Å². The van der Waals surface area contributed by atoms with E-state index in [9.17, 15) is 4.79 Å². The quantitative estimate of drug-likeness (QED) is 0.630. The summed E-state index contributed by atoms with van der Waals surface area (Å²) in [5, 5.41) is 0. The summed E-state index contributed by atoms with van der Waals surface area (Å²) < 4.78 is 11.3. The first-order chi connectivity index (χ1) is 13.3. The van der Waals surface area contributed by atoms with E-state index in [1.165, 1.54) is 0 Å². The molecule has 0 bridgehead atoms. The summed E-state index contributed by atoms with van der Waals surface area (Å²) in [6.45, 7) is 0.771. The SMILES string of the molecule is COc1ncccc1-c1ncccc1COc1ccc2c(c1C=O)CN=C2. The summed E-state index contributed by atoms with van der Waals surface area (Å²) in [5.74, 6) is 1.04. The molecule has 1 aliphatic rings. The molecule has 0 spiro atoms. The number of fused-ring (bicyclic) bond motifs is 1. The van der Waals surface area contributed by atoms with Crippen molar-refractivity contribution in [2.24, 2.45) is 4.99 Å². The van der Waals surface area contributed by atoms with Gasteiger partial charge >= 0.3 is 0 Å². The van der Waals surface area contributed by atoms with E-state index < -0.39 is 0 Å². The van der Waals surface area contributed by atoms with Gasteiger partial charge in [0, 0.05) is 24.2 Å². The first-order valence-electron chi connectivity index (χ1n) is 8.48. The Morgan fingerprint density at radius 2 is 1.96 bits per heavy atom. The van der Waals surface area contributed by atoms with Gasteiger partial charge in [-0.15, -0.1) is 0 Å². The third-order valence-corrected chi connectivity index (χ3v) is 4.45. The third-order valence-electron chi connectivity index (χ3n) is 4.45. The van der Waals surface area contributed by atoms with Crippen molar-refractivity contribution in [2.75, 3.05) is 7.11 Å². The van der Waals surface area contributed by atoms with Crippen LogP contribution in [0.2, 0.25) is 0 Å².